The van der Waals surface area contributed by atoms with Crippen LogP contribution in [-0.4, -0.2) is 33.4 Å². The summed E-state index contributed by atoms with van der Waals surface area (Å²) in [5.41, 5.74) is 1.20. The van der Waals surface area contributed by atoms with Crippen LogP contribution in [0.4, 0.5) is 0 Å². The van der Waals surface area contributed by atoms with Gasteiger partial charge in [-0.05, 0) is 32.2 Å². The first-order valence-electron chi connectivity index (χ1n) is 7.54. The standard InChI is InChI=1S/C16H20N4O2S/c1-16(2,3)19-13(21)6-11-7-18-15(22)12-8-17-14(20(11)12)10-4-5-23-9-10/h4-5,8-9,11H,6-7H2,1-3H3,(H,18,22)(H,19,21). The number of aromatic nitrogens is 2. The van der Waals surface area contributed by atoms with Gasteiger partial charge in [0.1, 0.15) is 11.5 Å². The van der Waals surface area contributed by atoms with Gasteiger partial charge in [0.15, 0.2) is 0 Å². The maximum absolute atomic E-state index is 12.3. The second-order valence-electron chi connectivity index (χ2n) is 6.72. The van der Waals surface area contributed by atoms with E-state index in [4.69, 9.17) is 0 Å². The summed E-state index contributed by atoms with van der Waals surface area (Å²) in [6.07, 6.45) is 1.88. The van der Waals surface area contributed by atoms with Gasteiger partial charge in [0.05, 0.1) is 12.2 Å². The molecule has 0 radical (unpaired) electrons. The molecule has 2 aromatic heterocycles. The van der Waals surface area contributed by atoms with Crippen molar-refractivity contribution in [3.63, 3.8) is 0 Å². The van der Waals surface area contributed by atoms with E-state index >= 15 is 0 Å². The van der Waals surface area contributed by atoms with Crippen molar-refractivity contribution < 1.29 is 9.59 Å². The molecule has 0 bridgehead atoms. The predicted molar refractivity (Wildman–Crippen MR) is 89.4 cm³/mol. The third-order valence-corrected chi connectivity index (χ3v) is 4.29. The van der Waals surface area contributed by atoms with Crippen LogP contribution in [0.25, 0.3) is 11.4 Å². The van der Waals surface area contributed by atoms with Crippen molar-refractivity contribution in [2.45, 2.75) is 38.8 Å². The molecular weight excluding hydrogens is 312 g/mol. The highest BCUT2D eigenvalue weighted by Gasteiger charge is 2.30. The van der Waals surface area contributed by atoms with Crippen LogP contribution < -0.4 is 10.6 Å². The number of carbonyl (C=O) groups is 2. The first-order valence-corrected chi connectivity index (χ1v) is 8.48. The number of fused-ring (bicyclic) bond motifs is 1. The summed E-state index contributed by atoms with van der Waals surface area (Å²) in [7, 11) is 0. The molecule has 0 saturated carbocycles. The highest BCUT2D eigenvalue weighted by molar-refractivity contribution is 7.08. The molecule has 2 aromatic rings. The van der Waals surface area contributed by atoms with Gasteiger partial charge in [0, 0.05) is 29.4 Å². The van der Waals surface area contributed by atoms with E-state index in [1.165, 1.54) is 0 Å². The summed E-state index contributed by atoms with van der Waals surface area (Å²) >= 11 is 1.58. The molecular formula is C16H20N4O2S. The minimum atomic E-state index is -0.275. The summed E-state index contributed by atoms with van der Waals surface area (Å²) < 4.78 is 1.89. The Morgan fingerprint density at radius 3 is 2.96 bits per heavy atom. The van der Waals surface area contributed by atoms with E-state index in [9.17, 15) is 9.59 Å². The summed E-state index contributed by atoms with van der Waals surface area (Å²) in [5.74, 6) is 0.561. The van der Waals surface area contributed by atoms with Crippen LogP contribution in [0.2, 0.25) is 0 Å². The van der Waals surface area contributed by atoms with E-state index in [0.29, 0.717) is 18.7 Å². The molecule has 122 valence electrons. The van der Waals surface area contributed by atoms with E-state index in [1.54, 1.807) is 17.5 Å². The Balaban J connectivity index is 1.91. The van der Waals surface area contributed by atoms with E-state index in [-0.39, 0.29) is 23.4 Å². The molecule has 6 nitrogen and oxygen atoms in total. The average molecular weight is 332 g/mol. The zero-order valence-electron chi connectivity index (χ0n) is 13.4. The largest absolute Gasteiger partial charge is 0.351 e. The van der Waals surface area contributed by atoms with Gasteiger partial charge in [-0.1, -0.05) is 0 Å². The highest BCUT2D eigenvalue weighted by Crippen LogP contribution is 2.29. The van der Waals surface area contributed by atoms with Gasteiger partial charge in [0.25, 0.3) is 5.91 Å². The topological polar surface area (TPSA) is 76.0 Å². The van der Waals surface area contributed by atoms with Crippen LogP contribution in [-0.2, 0) is 4.79 Å². The number of hydrogen-bond acceptors (Lipinski definition) is 4. The molecule has 2 amide bonds. The summed E-state index contributed by atoms with van der Waals surface area (Å²) in [6, 6.07) is 1.83. The fraction of sp³-hybridized carbons (Fsp3) is 0.438. The smallest absolute Gasteiger partial charge is 0.269 e. The van der Waals surface area contributed by atoms with Crippen molar-refractivity contribution in [2.75, 3.05) is 6.54 Å². The Kier molecular flexibility index (Phi) is 3.97. The monoisotopic (exact) mass is 332 g/mol. The first kappa shape index (κ1) is 15.7. The molecule has 1 aliphatic rings. The van der Waals surface area contributed by atoms with Crippen LogP contribution in [0.15, 0.2) is 23.0 Å². The van der Waals surface area contributed by atoms with Gasteiger partial charge in [-0.2, -0.15) is 11.3 Å². The number of imidazole rings is 1. The van der Waals surface area contributed by atoms with Gasteiger partial charge in [-0.3, -0.25) is 9.59 Å². The van der Waals surface area contributed by atoms with Crippen molar-refractivity contribution >= 4 is 23.2 Å². The lowest BCUT2D eigenvalue weighted by molar-refractivity contribution is -0.123. The van der Waals surface area contributed by atoms with Crippen molar-refractivity contribution in [1.29, 1.82) is 0 Å². The zero-order valence-corrected chi connectivity index (χ0v) is 14.2. The van der Waals surface area contributed by atoms with E-state index in [2.05, 4.69) is 15.6 Å². The van der Waals surface area contributed by atoms with Crippen LogP contribution in [0, 0.1) is 0 Å². The van der Waals surface area contributed by atoms with Crippen molar-refractivity contribution in [3.8, 4) is 11.4 Å². The molecule has 2 N–H and O–H groups in total. The minimum Gasteiger partial charge on any atom is -0.351 e. The molecule has 0 aliphatic carbocycles. The summed E-state index contributed by atoms with van der Waals surface area (Å²) in [6.45, 7) is 6.28. The molecule has 1 unspecified atom stereocenters. The Labute approximate surface area is 138 Å². The third-order valence-electron chi connectivity index (χ3n) is 3.61. The maximum Gasteiger partial charge on any atom is 0.269 e. The summed E-state index contributed by atoms with van der Waals surface area (Å²) in [4.78, 5) is 28.7. The van der Waals surface area contributed by atoms with Crippen molar-refractivity contribution in [2.24, 2.45) is 0 Å². The Hall–Kier alpha value is -2.15. The molecule has 7 heteroatoms. The average Bonchev–Trinajstić information content (AvgIpc) is 3.08. The Morgan fingerprint density at radius 2 is 2.30 bits per heavy atom. The van der Waals surface area contributed by atoms with Gasteiger partial charge in [-0.25, -0.2) is 4.98 Å². The van der Waals surface area contributed by atoms with Gasteiger partial charge in [0.2, 0.25) is 5.91 Å². The lowest BCUT2D eigenvalue weighted by atomic mass is 10.1. The number of amides is 2. The van der Waals surface area contributed by atoms with Gasteiger partial charge < -0.3 is 15.2 Å². The Bertz CT molecular complexity index is 728. The second kappa shape index (κ2) is 5.81. The van der Waals surface area contributed by atoms with Crippen molar-refractivity contribution in [1.82, 2.24) is 20.2 Å². The fourth-order valence-electron chi connectivity index (χ4n) is 2.74. The molecule has 0 saturated heterocycles. The minimum absolute atomic E-state index is 0.0328. The van der Waals surface area contributed by atoms with Crippen molar-refractivity contribution in [3.05, 3.63) is 28.7 Å². The SMILES string of the molecule is CC(C)(C)NC(=O)CC1CNC(=O)c2cnc(-c3ccsc3)n21. The molecule has 0 spiro atoms. The molecule has 3 rings (SSSR count). The third kappa shape index (κ3) is 3.29. The lowest BCUT2D eigenvalue weighted by Crippen LogP contribution is -2.44. The predicted octanol–water partition coefficient (Wildman–Crippen LogP) is 2.20. The molecule has 0 fully saturated rings. The molecule has 1 atom stereocenters. The molecule has 1 aliphatic heterocycles. The fourth-order valence-corrected chi connectivity index (χ4v) is 3.38. The quantitative estimate of drug-likeness (QED) is 0.905. The van der Waals surface area contributed by atoms with Crippen LogP contribution in [0.3, 0.4) is 0 Å². The number of thiophene rings is 1. The molecule has 3 heterocycles. The van der Waals surface area contributed by atoms with E-state index in [0.717, 1.165) is 11.4 Å². The van der Waals surface area contributed by atoms with Crippen LogP contribution >= 0.6 is 11.3 Å². The van der Waals surface area contributed by atoms with E-state index < -0.39 is 0 Å². The molecule has 0 aromatic carbocycles. The molecule has 23 heavy (non-hydrogen) atoms. The lowest BCUT2D eigenvalue weighted by Gasteiger charge is -2.28. The van der Waals surface area contributed by atoms with Gasteiger partial charge in [-0.15, -0.1) is 0 Å². The number of nitrogens with one attached hydrogen (secondary N) is 2. The van der Waals surface area contributed by atoms with Crippen LogP contribution in [0.1, 0.15) is 43.7 Å². The maximum atomic E-state index is 12.3. The number of carbonyl (C=O) groups excluding carboxylic acids is 2. The number of rotatable bonds is 3. The summed E-state index contributed by atoms with van der Waals surface area (Å²) in [5, 5.41) is 9.78. The highest BCUT2D eigenvalue weighted by atomic mass is 32.1. The first-order chi connectivity index (χ1) is 10.8. The van der Waals surface area contributed by atoms with E-state index in [1.807, 2.05) is 42.2 Å². The number of nitrogens with zero attached hydrogens (tertiary/aromatic N) is 2. The number of hydrogen-bond donors (Lipinski definition) is 2. The second-order valence-corrected chi connectivity index (χ2v) is 7.50. The normalized spacial score (nSPS) is 17.5. The Morgan fingerprint density at radius 1 is 1.52 bits per heavy atom. The van der Waals surface area contributed by atoms with Crippen LogP contribution in [0.5, 0.6) is 0 Å². The zero-order chi connectivity index (χ0) is 16.6. The van der Waals surface area contributed by atoms with Gasteiger partial charge >= 0.3 is 0 Å².